The zero-order valence-electron chi connectivity index (χ0n) is 11.9. The minimum Gasteiger partial charge on any atom is -0.329 e. The average Bonchev–Trinajstić information content (AvgIpc) is 2.57. The molecule has 2 N–H and O–H groups in total. The molecule has 1 amide bonds. The largest absolute Gasteiger partial charge is 0.329 e. The lowest BCUT2D eigenvalue weighted by Gasteiger charge is -2.38. The van der Waals surface area contributed by atoms with Crippen LogP contribution in [0.15, 0.2) is 22.7 Å². The van der Waals surface area contributed by atoms with Gasteiger partial charge in [0.05, 0.1) is 6.04 Å². The fourth-order valence-corrected chi connectivity index (χ4v) is 3.04. The summed E-state index contributed by atoms with van der Waals surface area (Å²) in [6.07, 6.45) is 0.428. The molecule has 0 aromatic heterocycles. The Bertz CT molecular complexity index is 507. The van der Waals surface area contributed by atoms with Gasteiger partial charge >= 0.3 is 0 Å². The van der Waals surface area contributed by atoms with Crippen LogP contribution >= 0.6 is 15.9 Å². The van der Waals surface area contributed by atoms with E-state index in [1.807, 2.05) is 11.0 Å². The molecule has 1 aromatic rings. The molecule has 0 spiro atoms. The van der Waals surface area contributed by atoms with E-state index in [4.69, 9.17) is 5.73 Å². The molecule has 2 atom stereocenters. The standard InChI is InChI=1S/C15H21BrN2O/c1-9-7-10(5-6-11(9)16)14-12(17)8-13(19)18(14)15(2,3)4/h5-7,12,14H,8,17H2,1-4H3. The van der Waals surface area contributed by atoms with Gasteiger partial charge in [0.15, 0.2) is 0 Å². The van der Waals surface area contributed by atoms with Crippen molar-refractivity contribution in [3.8, 4) is 0 Å². The Morgan fingerprint density at radius 2 is 2.00 bits per heavy atom. The summed E-state index contributed by atoms with van der Waals surface area (Å²) in [6.45, 7) is 8.22. The number of carbonyl (C=O) groups excluding carboxylic acids is 1. The molecule has 3 nitrogen and oxygen atoms in total. The van der Waals surface area contributed by atoms with Crippen LogP contribution < -0.4 is 5.73 Å². The first-order valence-electron chi connectivity index (χ1n) is 6.55. The molecule has 1 saturated heterocycles. The molecule has 4 heteroatoms. The Kier molecular flexibility index (Phi) is 3.76. The van der Waals surface area contributed by atoms with Crippen LogP contribution in [0.25, 0.3) is 0 Å². The molecule has 1 heterocycles. The minimum absolute atomic E-state index is 0.0284. The molecule has 19 heavy (non-hydrogen) atoms. The summed E-state index contributed by atoms with van der Waals surface area (Å²) in [5, 5.41) is 0. The number of likely N-dealkylation sites (tertiary alicyclic amines) is 1. The minimum atomic E-state index is -0.211. The zero-order chi connectivity index (χ0) is 14.4. The van der Waals surface area contributed by atoms with E-state index in [0.717, 1.165) is 15.6 Å². The van der Waals surface area contributed by atoms with E-state index in [1.165, 1.54) is 0 Å². The number of halogens is 1. The van der Waals surface area contributed by atoms with Crippen LogP contribution in [-0.2, 0) is 4.79 Å². The van der Waals surface area contributed by atoms with Crippen molar-refractivity contribution in [3.63, 3.8) is 0 Å². The molecular weight excluding hydrogens is 304 g/mol. The molecule has 1 aliphatic heterocycles. The van der Waals surface area contributed by atoms with E-state index in [2.05, 4.69) is 55.8 Å². The second-order valence-electron chi connectivity index (χ2n) is 6.26. The zero-order valence-corrected chi connectivity index (χ0v) is 13.5. The Hall–Kier alpha value is -0.870. The van der Waals surface area contributed by atoms with Gasteiger partial charge in [-0.3, -0.25) is 4.79 Å². The second-order valence-corrected chi connectivity index (χ2v) is 7.11. The molecule has 1 fully saturated rings. The van der Waals surface area contributed by atoms with Crippen molar-refractivity contribution in [2.75, 3.05) is 0 Å². The quantitative estimate of drug-likeness (QED) is 0.862. The number of carbonyl (C=O) groups is 1. The van der Waals surface area contributed by atoms with Gasteiger partial charge < -0.3 is 10.6 Å². The number of nitrogens with zero attached hydrogens (tertiary/aromatic N) is 1. The Morgan fingerprint density at radius 1 is 1.37 bits per heavy atom. The molecule has 104 valence electrons. The monoisotopic (exact) mass is 324 g/mol. The lowest BCUT2D eigenvalue weighted by Crippen LogP contribution is -2.45. The highest BCUT2D eigenvalue weighted by Crippen LogP contribution is 2.38. The van der Waals surface area contributed by atoms with Crippen molar-refractivity contribution in [3.05, 3.63) is 33.8 Å². The number of benzene rings is 1. The molecule has 0 aliphatic carbocycles. The molecule has 1 aliphatic rings. The van der Waals surface area contributed by atoms with E-state index < -0.39 is 0 Å². The van der Waals surface area contributed by atoms with Gasteiger partial charge in [-0.1, -0.05) is 28.1 Å². The van der Waals surface area contributed by atoms with Crippen molar-refractivity contribution in [1.82, 2.24) is 4.90 Å². The van der Waals surface area contributed by atoms with Gasteiger partial charge in [0.1, 0.15) is 0 Å². The molecular formula is C15H21BrN2O. The maximum atomic E-state index is 12.2. The molecule has 0 bridgehead atoms. The van der Waals surface area contributed by atoms with Crippen molar-refractivity contribution in [1.29, 1.82) is 0 Å². The number of amides is 1. The first kappa shape index (κ1) is 14.5. The van der Waals surface area contributed by atoms with Gasteiger partial charge in [0.2, 0.25) is 5.91 Å². The van der Waals surface area contributed by atoms with E-state index in [9.17, 15) is 4.79 Å². The lowest BCUT2D eigenvalue weighted by molar-refractivity contribution is -0.133. The topological polar surface area (TPSA) is 46.3 Å². The summed E-state index contributed by atoms with van der Waals surface area (Å²) in [5.74, 6) is 0.144. The number of rotatable bonds is 1. The SMILES string of the molecule is Cc1cc(C2C(N)CC(=O)N2C(C)(C)C)ccc1Br. The van der Waals surface area contributed by atoms with Crippen molar-refractivity contribution in [2.24, 2.45) is 5.73 Å². The van der Waals surface area contributed by atoms with E-state index in [0.29, 0.717) is 6.42 Å². The third-order valence-electron chi connectivity index (χ3n) is 3.61. The number of hydrogen-bond donors (Lipinski definition) is 1. The van der Waals surface area contributed by atoms with Gasteiger partial charge in [-0.05, 0) is 44.9 Å². The Labute approximate surface area is 123 Å². The van der Waals surface area contributed by atoms with Crippen LogP contribution in [0.3, 0.4) is 0 Å². The molecule has 1 aromatic carbocycles. The van der Waals surface area contributed by atoms with Gasteiger partial charge in [-0.2, -0.15) is 0 Å². The second kappa shape index (κ2) is 4.91. The van der Waals surface area contributed by atoms with Crippen LogP contribution in [0, 0.1) is 6.92 Å². The number of aryl methyl sites for hydroxylation is 1. The highest BCUT2D eigenvalue weighted by atomic mass is 79.9. The van der Waals surface area contributed by atoms with E-state index >= 15 is 0 Å². The predicted molar refractivity (Wildman–Crippen MR) is 80.8 cm³/mol. The first-order valence-corrected chi connectivity index (χ1v) is 7.35. The molecule has 2 rings (SSSR count). The van der Waals surface area contributed by atoms with Gasteiger partial charge in [-0.25, -0.2) is 0 Å². The van der Waals surface area contributed by atoms with E-state index in [-0.39, 0.29) is 23.5 Å². The summed E-state index contributed by atoms with van der Waals surface area (Å²) >= 11 is 3.51. The smallest absolute Gasteiger partial charge is 0.225 e. The Morgan fingerprint density at radius 3 is 2.53 bits per heavy atom. The highest BCUT2D eigenvalue weighted by molar-refractivity contribution is 9.10. The van der Waals surface area contributed by atoms with Crippen molar-refractivity contribution < 1.29 is 4.79 Å². The summed E-state index contributed by atoms with van der Waals surface area (Å²) in [5.41, 5.74) is 8.28. The first-order chi connectivity index (χ1) is 8.71. The van der Waals surface area contributed by atoms with E-state index in [1.54, 1.807) is 0 Å². The summed E-state index contributed by atoms with van der Waals surface area (Å²) < 4.78 is 1.08. The average molecular weight is 325 g/mol. The van der Waals surface area contributed by atoms with Crippen LogP contribution in [0.4, 0.5) is 0 Å². The van der Waals surface area contributed by atoms with Gasteiger partial charge in [-0.15, -0.1) is 0 Å². The summed E-state index contributed by atoms with van der Waals surface area (Å²) in [4.78, 5) is 14.1. The maximum Gasteiger partial charge on any atom is 0.225 e. The molecule has 0 radical (unpaired) electrons. The van der Waals surface area contributed by atoms with Crippen LogP contribution in [0.5, 0.6) is 0 Å². The fourth-order valence-electron chi connectivity index (χ4n) is 2.80. The van der Waals surface area contributed by atoms with Gasteiger partial charge in [0, 0.05) is 22.5 Å². The summed E-state index contributed by atoms with van der Waals surface area (Å²) in [7, 11) is 0. The maximum absolute atomic E-state index is 12.2. The van der Waals surface area contributed by atoms with Crippen molar-refractivity contribution in [2.45, 2.75) is 51.7 Å². The van der Waals surface area contributed by atoms with Crippen LogP contribution in [0.1, 0.15) is 44.4 Å². The molecule has 2 unspecified atom stereocenters. The summed E-state index contributed by atoms with van der Waals surface area (Å²) in [6, 6.07) is 6.04. The van der Waals surface area contributed by atoms with Crippen LogP contribution in [-0.4, -0.2) is 22.4 Å². The third-order valence-corrected chi connectivity index (χ3v) is 4.50. The van der Waals surface area contributed by atoms with Crippen molar-refractivity contribution >= 4 is 21.8 Å². The normalized spacial score (nSPS) is 24.1. The number of nitrogens with two attached hydrogens (primary N) is 1. The molecule has 0 saturated carbocycles. The predicted octanol–water partition coefficient (Wildman–Crippen LogP) is 3.16. The number of hydrogen-bond acceptors (Lipinski definition) is 2. The fraction of sp³-hybridized carbons (Fsp3) is 0.533. The van der Waals surface area contributed by atoms with Gasteiger partial charge in [0.25, 0.3) is 0 Å². The van der Waals surface area contributed by atoms with Crippen LogP contribution in [0.2, 0.25) is 0 Å². The third kappa shape index (κ3) is 2.70. The lowest BCUT2D eigenvalue weighted by atomic mass is 9.96. The highest BCUT2D eigenvalue weighted by Gasteiger charge is 2.43. The Balaban J connectivity index is 2.45.